The van der Waals surface area contributed by atoms with E-state index in [1.807, 2.05) is 0 Å². The molecule has 0 bridgehead atoms. The number of Topliss-reactive ketones (excluding diaryl/α,β-unsaturated/α-hetero) is 1. The maximum Gasteiger partial charge on any atom is 0.167 e. The predicted octanol–water partition coefficient (Wildman–Crippen LogP) is 4.90. The highest BCUT2D eigenvalue weighted by atomic mass is 79.9. The number of ketones is 1. The molecule has 0 spiro atoms. The second-order valence-electron chi connectivity index (χ2n) is 4.19. The number of carbonyl (C=O) groups excluding carboxylic acids is 1. The molecule has 20 heavy (non-hydrogen) atoms. The molecule has 0 aliphatic heterocycles. The molecule has 2 N–H and O–H groups in total. The third kappa shape index (κ3) is 3.32. The number of benzene rings is 2. The molecule has 0 aliphatic rings. The van der Waals surface area contributed by atoms with E-state index in [1.54, 1.807) is 6.07 Å². The molecule has 0 radical (unpaired) electrons. The molecule has 0 aliphatic carbocycles. The fourth-order valence-electron chi connectivity index (χ4n) is 1.70. The number of rotatable bonds is 3. The molecule has 0 heterocycles. The highest BCUT2D eigenvalue weighted by Gasteiger charge is 2.13. The summed E-state index contributed by atoms with van der Waals surface area (Å²) in [5.41, 5.74) is 6.74. The van der Waals surface area contributed by atoms with Gasteiger partial charge in [0, 0.05) is 16.5 Å². The zero-order valence-electron chi connectivity index (χ0n) is 10.1. The summed E-state index contributed by atoms with van der Waals surface area (Å²) in [6.07, 6.45) is 0.0366. The number of hydrogen-bond acceptors (Lipinski definition) is 2. The van der Waals surface area contributed by atoms with Crippen LogP contribution in [0.15, 0.2) is 34.8 Å². The third-order valence-electron chi connectivity index (χ3n) is 2.76. The summed E-state index contributed by atoms with van der Waals surface area (Å²) >= 11 is 15.1. The van der Waals surface area contributed by atoms with E-state index in [9.17, 15) is 9.18 Å². The highest BCUT2D eigenvalue weighted by molar-refractivity contribution is 9.10. The van der Waals surface area contributed by atoms with Crippen LogP contribution in [0.1, 0.15) is 15.9 Å². The molecular formula is C14H9BrCl2FNO. The molecular weight excluding hydrogens is 368 g/mol. The average molecular weight is 377 g/mol. The standard InChI is InChI=1S/C14H9BrCl2FNO/c15-10-2-1-9(18)3-7(10)6-13(20)8-4-11(16)14(19)12(17)5-8/h1-5H,6,19H2. The zero-order valence-corrected chi connectivity index (χ0v) is 13.2. The van der Waals surface area contributed by atoms with Crippen LogP contribution in [0.2, 0.25) is 10.0 Å². The molecule has 0 aromatic heterocycles. The molecule has 0 amide bonds. The minimum atomic E-state index is -0.399. The number of halogens is 4. The topological polar surface area (TPSA) is 43.1 Å². The van der Waals surface area contributed by atoms with E-state index in [2.05, 4.69) is 15.9 Å². The van der Waals surface area contributed by atoms with Gasteiger partial charge in [-0.15, -0.1) is 0 Å². The highest BCUT2D eigenvalue weighted by Crippen LogP contribution is 2.29. The lowest BCUT2D eigenvalue weighted by atomic mass is 10.0. The zero-order chi connectivity index (χ0) is 14.9. The number of hydrogen-bond donors (Lipinski definition) is 1. The summed E-state index contributed by atoms with van der Waals surface area (Å²) in [5, 5.41) is 0.443. The van der Waals surface area contributed by atoms with E-state index in [1.165, 1.54) is 24.3 Å². The minimum Gasteiger partial charge on any atom is -0.396 e. The summed E-state index contributed by atoms with van der Waals surface area (Å²) < 4.78 is 13.9. The van der Waals surface area contributed by atoms with E-state index in [4.69, 9.17) is 28.9 Å². The van der Waals surface area contributed by atoms with Gasteiger partial charge in [-0.05, 0) is 35.9 Å². The first-order valence-electron chi connectivity index (χ1n) is 5.60. The molecule has 2 rings (SSSR count). The van der Waals surface area contributed by atoms with Crippen molar-refractivity contribution in [2.75, 3.05) is 5.73 Å². The van der Waals surface area contributed by atoms with Gasteiger partial charge in [-0.3, -0.25) is 4.79 Å². The van der Waals surface area contributed by atoms with Crippen LogP contribution in [0.3, 0.4) is 0 Å². The largest absolute Gasteiger partial charge is 0.396 e. The Morgan fingerprint density at radius 1 is 1.20 bits per heavy atom. The summed E-state index contributed by atoms with van der Waals surface area (Å²) in [6, 6.07) is 7.09. The van der Waals surface area contributed by atoms with Crippen LogP contribution in [-0.4, -0.2) is 5.78 Å². The van der Waals surface area contributed by atoms with Crippen LogP contribution in [0.4, 0.5) is 10.1 Å². The van der Waals surface area contributed by atoms with Crippen LogP contribution >= 0.6 is 39.1 Å². The fourth-order valence-corrected chi connectivity index (χ4v) is 2.57. The number of nitrogen functional groups attached to an aromatic ring is 1. The second-order valence-corrected chi connectivity index (χ2v) is 5.86. The van der Waals surface area contributed by atoms with Gasteiger partial charge in [-0.25, -0.2) is 4.39 Å². The van der Waals surface area contributed by atoms with Crippen molar-refractivity contribution < 1.29 is 9.18 Å². The van der Waals surface area contributed by atoms with Crippen LogP contribution in [-0.2, 0) is 6.42 Å². The van der Waals surface area contributed by atoms with Crippen LogP contribution in [0.25, 0.3) is 0 Å². The molecule has 0 atom stereocenters. The first-order chi connectivity index (χ1) is 9.38. The molecule has 2 nitrogen and oxygen atoms in total. The van der Waals surface area contributed by atoms with Crippen LogP contribution < -0.4 is 5.73 Å². The molecule has 2 aromatic carbocycles. The van der Waals surface area contributed by atoms with Gasteiger partial charge in [-0.1, -0.05) is 39.1 Å². The Hall–Kier alpha value is -1.10. The lowest BCUT2D eigenvalue weighted by Gasteiger charge is -2.07. The van der Waals surface area contributed by atoms with Crippen molar-refractivity contribution in [3.63, 3.8) is 0 Å². The van der Waals surface area contributed by atoms with Gasteiger partial charge < -0.3 is 5.73 Å². The molecule has 0 fully saturated rings. The normalized spacial score (nSPS) is 10.6. The van der Waals surface area contributed by atoms with Crippen molar-refractivity contribution in [2.24, 2.45) is 0 Å². The maximum atomic E-state index is 13.2. The monoisotopic (exact) mass is 375 g/mol. The first kappa shape index (κ1) is 15.3. The van der Waals surface area contributed by atoms with E-state index in [0.717, 1.165) is 0 Å². The Bertz CT molecular complexity index is 668. The van der Waals surface area contributed by atoms with Gasteiger partial charge in [0.25, 0.3) is 0 Å². The quantitative estimate of drug-likeness (QED) is 0.611. The van der Waals surface area contributed by atoms with Crippen molar-refractivity contribution >= 4 is 50.6 Å². The van der Waals surface area contributed by atoms with Gasteiger partial charge in [0.15, 0.2) is 5.78 Å². The summed E-state index contributed by atoms with van der Waals surface area (Å²) in [5.74, 6) is -0.621. The van der Waals surface area contributed by atoms with E-state index in [-0.39, 0.29) is 27.9 Å². The van der Waals surface area contributed by atoms with Crippen molar-refractivity contribution in [2.45, 2.75) is 6.42 Å². The fraction of sp³-hybridized carbons (Fsp3) is 0.0714. The second kappa shape index (κ2) is 6.12. The lowest BCUT2D eigenvalue weighted by Crippen LogP contribution is -2.05. The SMILES string of the molecule is Nc1c(Cl)cc(C(=O)Cc2cc(F)ccc2Br)cc1Cl. The van der Waals surface area contributed by atoms with E-state index in [0.29, 0.717) is 15.6 Å². The Morgan fingerprint density at radius 3 is 2.40 bits per heavy atom. The Morgan fingerprint density at radius 2 is 1.80 bits per heavy atom. The summed E-state index contributed by atoms with van der Waals surface area (Å²) in [6.45, 7) is 0. The van der Waals surface area contributed by atoms with Crippen molar-refractivity contribution in [1.29, 1.82) is 0 Å². The number of carbonyl (C=O) groups is 1. The molecule has 0 saturated heterocycles. The molecule has 2 aromatic rings. The summed E-state index contributed by atoms with van der Waals surface area (Å²) in [4.78, 5) is 12.2. The first-order valence-corrected chi connectivity index (χ1v) is 7.15. The minimum absolute atomic E-state index is 0.0366. The van der Waals surface area contributed by atoms with Crippen molar-refractivity contribution in [3.8, 4) is 0 Å². The van der Waals surface area contributed by atoms with Gasteiger partial charge in [-0.2, -0.15) is 0 Å². The van der Waals surface area contributed by atoms with Crippen LogP contribution in [0.5, 0.6) is 0 Å². The number of nitrogens with two attached hydrogens (primary N) is 1. The van der Waals surface area contributed by atoms with Crippen molar-refractivity contribution in [3.05, 3.63) is 61.8 Å². The van der Waals surface area contributed by atoms with Gasteiger partial charge in [0.2, 0.25) is 0 Å². The van der Waals surface area contributed by atoms with Gasteiger partial charge in [0.1, 0.15) is 5.82 Å². The smallest absolute Gasteiger partial charge is 0.167 e. The van der Waals surface area contributed by atoms with Crippen LogP contribution in [0, 0.1) is 5.82 Å². The molecule has 0 saturated carbocycles. The van der Waals surface area contributed by atoms with Gasteiger partial charge in [0.05, 0.1) is 15.7 Å². The van der Waals surface area contributed by atoms with Gasteiger partial charge >= 0.3 is 0 Å². The van der Waals surface area contributed by atoms with E-state index >= 15 is 0 Å². The number of anilines is 1. The van der Waals surface area contributed by atoms with Crippen molar-refractivity contribution in [1.82, 2.24) is 0 Å². The summed E-state index contributed by atoms with van der Waals surface area (Å²) in [7, 11) is 0. The maximum absolute atomic E-state index is 13.2. The van der Waals surface area contributed by atoms with E-state index < -0.39 is 5.82 Å². The Balaban J connectivity index is 2.31. The average Bonchev–Trinajstić information content (AvgIpc) is 2.39. The predicted molar refractivity (Wildman–Crippen MR) is 83.0 cm³/mol. The molecule has 104 valence electrons. The molecule has 6 heteroatoms. The Labute approximate surface area is 133 Å². The molecule has 0 unspecified atom stereocenters. The third-order valence-corrected chi connectivity index (χ3v) is 4.16. The Kier molecular flexibility index (Phi) is 4.68. The lowest BCUT2D eigenvalue weighted by molar-refractivity contribution is 0.0993.